The van der Waals surface area contributed by atoms with Gasteiger partial charge in [-0.05, 0) is 5.56 Å². The molecule has 1 unspecified atom stereocenters. The first-order valence-electron chi connectivity index (χ1n) is 5.25. The Hall–Kier alpha value is -0.853. The summed E-state index contributed by atoms with van der Waals surface area (Å²) in [4.78, 5) is 0. The lowest BCUT2D eigenvalue weighted by atomic mass is 9.83. The molecule has 0 radical (unpaired) electrons. The molecule has 0 saturated carbocycles. The number of rotatable bonds is 6. The molecule has 0 aliphatic carbocycles. The average molecular weight is 263 g/mol. The lowest BCUT2D eigenvalue weighted by Crippen LogP contribution is -2.44. The van der Waals surface area contributed by atoms with Crippen LogP contribution >= 0.6 is 0 Å². The zero-order valence-corrected chi connectivity index (χ0v) is 10.6. The maximum absolute atomic E-state index is 12.8. The van der Waals surface area contributed by atoms with Crippen molar-refractivity contribution in [3.05, 3.63) is 35.9 Å². The van der Waals surface area contributed by atoms with Crippen molar-refractivity contribution in [3.8, 4) is 0 Å². The number of halogens is 3. The normalized spacial score (nSPS) is 15.6. The lowest BCUT2D eigenvalue weighted by Gasteiger charge is -2.32. The first-order chi connectivity index (χ1) is 7.93. The maximum Gasteiger partial charge on any atom is 0.617 e. The zero-order chi connectivity index (χ0) is 12.9. The van der Waals surface area contributed by atoms with E-state index in [1.54, 1.807) is 30.3 Å². The first-order valence-corrected chi connectivity index (χ1v) is 7.09. The molecule has 96 valence electrons. The summed E-state index contributed by atoms with van der Waals surface area (Å²) in [6, 6.07) is 7.70. The lowest BCUT2D eigenvalue weighted by molar-refractivity contribution is 0.136. The molecular weight excluding hydrogens is 247 g/mol. The molecule has 1 atom stereocenters. The number of benzene rings is 1. The Bertz CT molecular complexity index is 344. The van der Waals surface area contributed by atoms with E-state index in [2.05, 4.69) is 0 Å². The fourth-order valence-corrected chi connectivity index (χ4v) is 3.15. The van der Waals surface area contributed by atoms with Crippen LogP contribution < -0.4 is 5.73 Å². The van der Waals surface area contributed by atoms with E-state index in [0.717, 1.165) is 0 Å². The quantitative estimate of drug-likeness (QED) is 0.632. The van der Waals surface area contributed by atoms with Gasteiger partial charge in [-0.3, -0.25) is 0 Å². The summed E-state index contributed by atoms with van der Waals surface area (Å²) < 4.78 is 43.3. The minimum absolute atomic E-state index is 0.0139. The molecule has 0 aliphatic heterocycles. The number of hydrogen-bond donors (Lipinski definition) is 1. The molecule has 1 aromatic carbocycles. The Morgan fingerprint density at radius 2 is 1.82 bits per heavy atom. The molecule has 0 aliphatic rings. The van der Waals surface area contributed by atoms with Gasteiger partial charge in [0.1, 0.15) is 0 Å². The van der Waals surface area contributed by atoms with Gasteiger partial charge in [0.05, 0.1) is 6.61 Å². The Balaban J connectivity index is 3.09. The highest BCUT2D eigenvalue weighted by molar-refractivity contribution is 6.58. The van der Waals surface area contributed by atoms with Gasteiger partial charge in [0, 0.05) is 25.1 Å². The molecule has 0 saturated heterocycles. The zero-order valence-electron chi connectivity index (χ0n) is 9.63. The highest BCUT2D eigenvalue weighted by atomic mass is 28.5. The van der Waals surface area contributed by atoms with Crippen LogP contribution in [0.25, 0.3) is 0 Å². The van der Waals surface area contributed by atoms with Gasteiger partial charge in [0.2, 0.25) is 0 Å². The van der Waals surface area contributed by atoms with Crippen LogP contribution in [0.15, 0.2) is 30.3 Å². The van der Waals surface area contributed by atoms with Crippen LogP contribution in [0, 0.1) is 0 Å². The second-order valence-electron chi connectivity index (χ2n) is 4.08. The highest BCUT2D eigenvalue weighted by Crippen LogP contribution is 2.34. The Kier molecular flexibility index (Phi) is 4.73. The summed E-state index contributed by atoms with van der Waals surface area (Å²) in [6.45, 7) is -0.0859. The molecule has 0 spiro atoms. The third kappa shape index (κ3) is 3.83. The fraction of sp³-hybridized carbons (Fsp3) is 0.455. The number of methoxy groups -OCH3 is 1. The summed E-state index contributed by atoms with van der Waals surface area (Å²) in [7, 11) is -4.30. The van der Waals surface area contributed by atoms with Gasteiger partial charge in [0.25, 0.3) is 0 Å². The summed E-state index contributed by atoms with van der Waals surface area (Å²) >= 11 is 0. The number of nitrogens with two attached hydrogens (primary N) is 1. The minimum atomic E-state index is -5.69. The van der Waals surface area contributed by atoms with Crippen LogP contribution in [0.4, 0.5) is 12.3 Å². The SMILES string of the molecule is COCC(CN)(C[Si](F)(F)F)c1ccccc1. The van der Waals surface area contributed by atoms with Crippen molar-refractivity contribution in [1.29, 1.82) is 0 Å². The first kappa shape index (κ1) is 14.2. The topological polar surface area (TPSA) is 35.2 Å². The minimum Gasteiger partial charge on any atom is -0.384 e. The Labute approximate surface area is 100 Å². The van der Waals surface area contributed by atoms with Gasteiger partial charge in [-0.25, -0.2) is 12.3 Å². The molecule has 2 nitrogen and oxygen atoms in total. The van der Waals surface area contributed by atoms with Crippen molar-refractivity contribution in [3.63, 3.8) is 0 Å². The van der Waals surface area contributed by atoms with E-state index in [1.807, 2.05) is 0 Å². The summed E-state index contributed by atoms with van der Waals surface area (Å²) in [5.41, 5.74) is 5.03. The van der Waals surface area contributed by atoms with Crippen molar-refractivity contribution in [1.82, 2.24) is 0 Å². The molecule has 1 rings (SSSR count). The van der Waals surface area contributed by atoms with Crippen molar-refractivity contribution < 1.29 is 17.1 Å². The highest BCUT2D eigenvalue weighted by Gasteiger charge is 2.47. The third-order valence-electron chi connectivity index (χ3n) is 2.74. The number of hydrogen-bond acceptors (Lipinski definition) is 2. The Morgan fingerprint density at radius 3 is 2.24 bits per heavy atom. The van der Waals surface area contributed by atoms with Crippen LogP contribution in [0.5, 0.6) is 0 Å². The van der Waals surface area contributed by atoms with E-state index in [9.17, 15) is 12.3 Å². The van der Waals surface area contributed by atoms with Gasteiger partial charge >= 0.3 is 9.08 Å². The Morgan fingerprint density at radius 1 is 1.24 bits per heavy atom. The molecule has 17 heavy (non-hydrogen) atoms. The predicted molar refractivity (Wildman–Crippen MR) is 62.9 cm³/mol. The van der Waals surface area contributed by atoms with Crippen LogP contribution in [0.2, 0.25) is 6.04 Å². The molecule has 0 amide bonds. The smallest absolute Gasteiger partial charge is 0.384 e. The van der Waals surface area contributed by atoms with E-state index in [0.29, 0.717) is 5.56 Å². The molecule has 0 fully saturated rings. The monoisotopic (exact) mass is 263 g/mol. The van der Waals surface area contributed by atoms with Crippen molar-refractivity contribution in [2.24, 2.45) is 5.73 Å². The summed E-state index contributed by atoms with van der Waals surface area (Å²) in [6.07, 6.45) is 0. The third-order valence-corrected chi connectivity index (χ3v) is 3.81. The van der Waals surface area contributed by atoms with Gasteiger partial charge in [-0.2, -0.15) is 0 Å². The predicted octanol–water partition coefficient (Wildman–Crippen LogP) is 2.38. The van der Waals surface area contributed by atoms with Gasteiger partial charge < -0.3 is 10.5 Å². The summed E-state index contributed by atoms with van der Waals surface area (Å²) in [5.74, 6) is 0. The maximum atomic E-state index is 12.8. The van der Waals surface area contributed by atoms with Gasteiger partial charge in [-0.1, -0.05) is 30.3 Å². The van der Waals surface area contributed by atoms with Crippen LogP contribution in [0.3, 0.4) is 0 Å². The molecular formula is C11H16F3NOSi. The molecule has 0 aromatic heterocycles. The van der Waals surface area contributed by atoms with Crippen LogP contribution in [-0.2, 0) is 10.2 Å². The van der Waals surface area contributed by atoms with Gasteiger partial charge in [-0.15, -0.1) is 0 Å². The molecule has 0 bridgehead atoms. The van der Waals surface area contributed by atoms with Crippen molar-refractivity contribution in [2.75, 3.05) is 20.3 Å². The molecule has 6 heteroatoms. The van der Waals surface area contributed by atoms with E-state index in [-0.39, 0.29) is 13.2 Å². The van der Waals surface area contributed by atoms with Gasteiger partial charge in [0.15, 0.2) is 0 Å². The largest absolute Gasteiger partial charge is 0.617 e. The molecule has 0 heterocycles. The van der Waals surface area contributed by atoms with Crippen molar-refractivity contribution in [2.45, 2.75) is 11.5 Å². The van der Waals surface area contributed by atoms with E-state index in [1.165, 1.54) is 7.11 Å². The van der Waals surface area contributed by atoms with Crippen molar-refractivity contribution >= 4 is 9.08 Å². The number of ether oxygens (including phenoxy) is 1. The average Bonchev–Trinajstić information content (AvgIpc) is 2.28. The molecule has 1 aromatic rings. The van der Waals surface area contributed by atoms with Crippen LogP contribution in [0.1, 0.15) is 5.56 Å². The fourth-order valence-electron chi connectivity index (χ4n) is 1.94. The van der Waals surface area contributed by atoms with E-state index in [4.69, 9.17) is 10.5 Å². The van der Waals surface area contributed by atoms with Crippen LogP contribution in [-0.4, -0.2) is 29.3 Å². The van der Waals surface area contributed by atoms with E-state index < -0.39 is 20.5 Å². The standard InChI is InChI=1S/C11H16F3NOSi/c1-16-8-11(7-15,9-17(12,13)14)10-5-3-2-4-6-10/h2-6H,7-9,15H2,1H3. The summed E-state index contributed by atoms with van der Waals surface area (Å²) in [5, 5.41) is 0. The second kappa shape index (κ2) is 5.66. The molecule has 2 N–H and O–H groups in total. The second-order valence-corrected chi connectivity index (χ2v) is 5.66. The van der Waals surface area contributed by atoms with E-state index >= 15 is 0 Å².